The number of thiazole rings is 1. The van der Waals surface area contributed by atoms with Gasteiger partial charge in [0, 0.05) is 4.88 Å². The fraction of sp³-hybridized carbons (Fsp3) is 0.545. The van der Waals surface area contributed by atoms with Crippen molar-refractivity contribution < 1.29 is 9.59 Å². The minimum absolute atomic E-state index is 0.00169. The highest BCUT2D eigenvalue weighted by Gasteiger charge is 2.31. The second-order valence-corrected chi connectivity index (χ2v) is 5.33. The van der Waals surface area contributed by atoms with Gasteiger partial charge in [-0.05, 0) is 25.7 Å². The molecule has 0 bridgehead atoms. The Kier molecular flexibility index (Phi) is 2.28. The molecule has 0 unspecified atom stereocenters. The number of ketones is 1. The molecular formula is C11H12N2O2S. The van der Waals surface area contributed by atoms with Crippen LogP contribution in [0.2, 0.25) is 0 Å². The number of carbonyl (C=O) groups is 2. The van der Waals surface area contributed by atoms with Crippen LogP contribution in [0.1, 0.15) is 29.8 Å². The monoisotopic (exact) mass is 236 g/mol. The van der Waals surface area contributed by atoms with Gasteiger partial charge in [0.25, 0.3) is 0 Å². The maximum Gasteiger partial charge on any atom is 0.236 e. The fourth-order valence-corrected chi connectivity index (χ4v) is 3.38. The Morgan fingerprint density at radius 3 is 2.69 bits per heavy atom. The maximum absolute atomic E-state index is 11.6. The van der Waals surface area contributed by atoms with Crippen molar-refractivity contribution >= 4 is 28.2 Å². The van der Waals surface area contributed by atoms with Crippen LogP contribution < -0.4 is 4.90 Å². The highest BCUT2D eigenvalue weighted by molar-refractivity contribution is 7.16. The lowest BCUT2D eigenvalue weighted by atomic mass is 10.0. The van der Waals surface area contributed by atoms with Crippen molar-refractivity contribution in [2.75, 3.05) is 11.4 Å². The Morgan fingerprint density at radius 2 is 2.00 bits per heavy atom. The lowest BCUT2D eigenvalue weighted by molar-refractivity contribution is -0.121. The van der Waals surface area contributed by atoms with E-state index in [1.807, 2.05) is 0 Å². The van der Waals surface area contributed by atoms with Crippen LogP contribution in [0.15, 0.2) is 0 Å². The van der Waals surface area contributed by atoms with Crippen LogP contribution >= 0.6 is 11.3 Å². The predicted octanol–water partition coefficient (Wildman–Crippen LogP) is 1.33. The summed E-state index contributed by atoms with van der Waals surface area (Å²) in [7, 11) is 0. The molecule has 1 aliphatic heterocycles. The molecule has 0 saturated carbocycles. The highest BCUT2D eigenvalue weighted by atomic mass is 32.1. The summed E-state index contributed by atoms with van der Waals surface area (Å²) in [5.74, 6) is -0.103. The number of rotatable bonds is 1. The van der Waals surface area contributed by atoms with Gasteiger partial charge < -0.3 is 0 Å². The summed E-state index contributed by atoms with van der Waals surface area (Å²) in [4.78, 5) is 30.1. The molecule has 0 N–H and O–H groups in total. The first-order valence-corrected chi connectivity index (χ1v) is 6.36. The van der Waals surface area contributed by atoms with Crippen molar-refractivity contribution in [3.8, 4) is 0 Å². The number of Topliss-reactive ketones (excluding diaryl/α,β-unsaturated/α-hetero) is 1. The third kappa shape index (κ3) is 1.55. The zero-order valence-corrected chi connectivity index (χ0v) is 9.68. The third-order valence-corrected chi connectivity index (χ3v) is 4.23. The number of amides is 1. The highest BCUT2D eigenvalue weighted by Crippen LogP contribution is 2.33. The van der Waals surface area contributed by atoms with Gasteiger partial charge in [-0.15, -0.1) is 11.3 Å². The van der Waals surface area contributed by atoms with Gasteiger partial charge in [0.15, 0.2) is 10.9 Å². The van der Waals surface area contributed by atoms with Crippen LogP contribution in [0, 0.1) is 0 Å². The van der Waals surface area contributed by atoms with Gasteiger partial charge in [-0.1, -0.05) is 0 Å². The van der Waals surface area contributed by atoms with E-state index in [0.29, 0.717) is 0 Å². The molecule has 1 amide bonds. The molecule has 1 aromatic heterocycles. The minimum Gasteiger partial charge on any atom is -0.297 e. The first-order chi connectivity index (χ1) is 7.74. The summed E-state index contributed by atoms with van der Waals surface area (Å²) in [5.41, 5.74) is 1.14. The third-order valence-electron chi connectivity index (χ3n) is 3.05. The lowest BCUT2D eigenvalue weighted by Crippen LogP contribution is -2.24. The standard InChI is InChI=1S/C11H12N2O2S/c14-7-5-10(15)13(6-7)11-12-8-3-1-2-4-9(8)16-11/h1-6H2. The molecule has 84 valence electrons. The van der Waals surface area contributed by atoms with Gasteiger partial charge in [-0.25, -0.2) is 4.98 Å². The number of aryl methyl sites for hydroxylation is 2. The first kappa shape index (κ1) is 9.96. The molecule has 3 rings (SSSR count). The second-order valence-electron chi connectivity index (χ2n) is 4.27. The second kappa shape index (κ2) is 3.66. The van der Waals surface area contributed by atoms with Crippen LogP contribution in [0.5, 0.6) is 0 Å². The smallest absolute Gasteiger partial charge is 0.236 e. The molecule has 16 heavy (non-hydrogen) atoms. The Labute approximate surface area is 97.3 Å². The van der Waals surface area contributed by atoms with Crippen molar-refractivity contribution in [3.63, 3.8) is 0 Å². The topological polar surface area (TPSA) is 50.3 Å². The molecule has 0 atom stereocenters. The van der Waals surface area contributed by atoms with E-state index in [0.717, 1.165) is 23.7 Å². The van der Waals surface area contributed by atoms with Gasteiger partial charge in [0.05, 0.1) is 18.7 Å². The Hall–Kier alpha value is -1.23. The van der Waals surface area contributed by atoms with E-state index in [1.165, 1.54) is 22.6 Å². The molecule has 1 aromatic rings. The molecule has 2 aliphatic rings. The van der Waals surface area contributed by atoms with Gasteiger partial charge in [0.1, 0.15) is 0 Å². The Bertz CT molecular complexity index is 443. The molecule has 5 heteroatoms. The van der Waals surface area contributed by atoms with Crippen molar-refractivity contribution in [2.24, 2.45) is 0 Å². The molecule has 4 nitrogen and oxygen atoms in total. The predicted molar refractivity (Wildman–Crippen MR) is 60.7 cm³/mol. The fourth-order valence-electron chi connectivity index (χ4n) is 2.21. The Balaban J connectivity index is 1.92. The van der Waals surface area contributed by atoms with E-state index >= 15 is 0 Å². The summed E-state index contributed by atoms with van der Waals surface area (Å²) in [5, 5.41) is 0.725. The number of fused-ring (bicyclic) bond motifs is 1. The molecule has 1 aliphatic carbocycles. The number of hydrogen-bond acceptors (Lipinski definition) is 4. The first-order valence-electron chi connectivity index (χ1n) is 5.54. The van der Waals surface area contributed by atoms with Crippen molar-refractivity contribution in [3.05, 3.63) is 10.6 Å². The lowest BCUT2D eigenvalue weighted by Gasteiger charge is -2.08. The number of aromatic nitrogens is 1. The van der Waals surface area contributed by atoms with Crippen LogP contribution in [-0.4, -0.2) is 23.2 Å². The number of anilines is 1. The number of nitrogens with zero attached hydrogens (tertiary/aromatic N) is 2. The summed E-state index contributed by atoms with van der Waals surface area (Å²) in [6.45, 7) is 0.214. The van der Waals surface area contributed by atoms with E-state index in [4.69, 9.17) is 0 Å². The summed E-state index contributed by atoms with van der Waals surface area (Å²) in [6, 6.07) is 0. The molecule has 1 fully saturated rings. The average molecular weight is 236 g/mol. The van der Waals surface area contributed by atoms with Gasteiger partial charge in [0.2, 0.25) is 5.91 Å². The van der Waals surface area contributed by atoms with Crippen LogP contribution in [0.4, 0.5) is 5.13 Å². The maximum atomic E-state index is 11.6. The van der Waals surface area contributed by atoms with Crippen LogP contribution in [0.25, 0.3) is 0 Å². The molecule has 0 spiro atoms. The number of hydrogen-bond donors (Lipinski definition) is 0. The zero-order chi connectivity index (χ0) is 11.1. The van der Waals surface area contributed by atoms with Crippen LogP contribution in [-0.2, 0) is 22.4 Å². The van der Waals surface area contributed by atoms with Gasteiger partial charge in [-0.2, -0.15) is 0 Å². The quantitative estimate of drug-likeness (QED) is 0.691. The summed E-state index contributed by atoms with van der Waals surface area (Å²) in [6.07, 6.45) is 4.53. The molecule has 1 saturated heterocycles. The van der Waals surface area contributed by atoms with E-state index in [9.17, 15) is 9.59 Å². The SMILES string of the molecule is O=C1CC(=O)N(c2nc3c(s2)CCCC3)C1. The van der Waals surface area contributed by atoms with E-state index in [1.54, 1.807) is 11.3 Å². The minimum atomic E-state index is -0.101. The van der Waals surface area contributed by atoms with E-state index in [2.05, 4.69) is 4.98 Å². The number of carbonyl (C=O) groups excluding carboxylic acids is 2. The normalized spacial score (nSPS) is 20.4. The summed E-state index contributed by atoms with van der Waals surface area (Å²) >= 11 is 1.58. The van der Waals surface area contributed by atoms with Crippen molar-refractivity contribution in [1.82, 2.24) is 4.98 Å². The van der Waals surface area contributed by atoms with E-state index in [-0.39, 0.29) is 24.7 Å². The molecule has 0 aromatic carbocycles. The van der Waals surface area contributed by atoms with Crippen molar-refractivity contribution in [2.45, 2.75) is 32.1 Å². The summed E-state index contributed by atoms with van der Waals surface area (Å²) < 4.78 is 0. The average Bonchev–Trinajstić information content (AvgIpc) is 2.81. The van der Waals surface area contributed by atoms with Gasteiger partial charge in [-0.3, -0.25) is 14.5 Å². The van der Waals surface area contributed by atoms with Crippen LogP contribution in [0.3, 0.4) is 0 Å². The molecule has 0 radical (unpaired) electrons. The molecular weight excluding hydrogens is 224 g/mol. The Morgan fingerprint density at radius 1 is 1.19 bits per heavy atom. The van der Waals surface area contributed by atoms with Gasteiger partial charge >= 0.3 is 0 Å². The zero-order valence-electron chi connectivity index (χ0n) is 8.86. The largest absolute Gasteiger partial charge is 0.297 e. The molecule has 2 heterocycles. The van der Waals surface area contributed by atoms with Crippen molar-refractivity contribution in [1.29, 1.82) is 0 Å². The van der Waals surface area contributed by atoms with E-state index < -0.39 is 0 Å².